The Labute approximate surface area is 151 Å². The molecule has 3 atom stereocenters. The lowest BCUT2D eigenvalue weighted by molar-refractivity contribution is -0.168. The van der Waals surface area contributed by atoms with Crippen LogP contribution in [0.25, 0.3) is 0 Å². The van der Waals surface area contributed by atoms with Crippen molar-refractivity contribution in [1.82, 2.24) is 9.96 Å². The lowest BCUT2D eigenvalue weighted by Gasteiger charge is -2.25. The fourth-order valence-corrected chi connectivity index (χ4v) is 3.57. The average molecular weight is 356 g/mol. The minimum atomic E-state index is -0.595. The molecule has 0 bridgehead atoms. The van der Waals surface area contributed by atoms with Crippen molar-refractivity contribution >= 4 is 12.0 Å². The third kappa shape index (κ3) is 3.00. The molecule has 0 radical (unpaired) electrons. The number of amides is 2. The number of ether oxygens (including phenoxy) is 1. The van der Waals surface area contributed by atoms with Crippen LogP contribution in [0.3, 0.4) is 0 Å². The van der Waals surface area contributed by atoms with E-state index in [0.717, 1.165) is 10.5 Å². The van der Waals surface area contributed by atoms with Gasteiger partial charge in [-0.05, 0) is 24.6 Å². The lowest BCUT2D eigenvalue weighted by atomic mass is 9.92. The zero-order valence-electron chi connectivity index (χ0n) is 14.4. The van der Waals surface area contributed by atoms with Crippen molar-refractivity contribution in [1.29, 1.82) is 0 Å². The van der Waals surface area contributed by atoms with Gasteiger partial charge in [-0.2, -0.15) is 5.06 Å². The van der Waals surface area contributed by atoms with E-state index in [1.807, 2.05) is 43.3 Å². The van der Waals surface area contributed by atoms with Crippen LogP contribution in [0.15, 0.2) is 53.1 Å². The molecule has 1 aromatic heterocycles. The molecule has 26 heavy (non-hydrogen) atoms. The SMILES string of the molecule is C[C@@H]1ON(Cc2ccccc2)[C@H](c2ccco2)[C@H]1C(=O)N1CCOC1=O. The van der Waals surface area contributed by atoms with E-state index in [1.54, 1.807) is 17.4 Å². The minimum absolute atomic E-state index is 0.228. The summed E-state index contributed by atoms with van der Waals surface area (Å²) >= 11 is 0. The molecule has 2 saturated heterocycles. The second-order valence-corrected chi connectivity index (χ2v) is 6.46. The predicted octanol–water partition coefficient (Wildman–Crippen LogP) is 2.75. The van der Waals surface area contributed by atoms with Crippen molar-refractivity contribution in [3.05, 3.63) is 60.1 Å². The smallest absolute Gasteiger partial charge is 0.416 e. The standard InChI is InChI=1S/C19H20N2O5/c1-13-16(18(22)20-9-11-25-19(20)23)17(15-8-5-10-24-15)21(26-13)12-14-6-3-2-4-7-14/h2-8,10,13,16-17H,9,11-12H2,1H3/t13-,16-,17+/m0/s1. The van der Waals surface area contributed by atoms with Crippen LogP contribution in [0.5, 0.6) is 0 Å². The maximum absolute atomic E-state index is 13.0. The summed E-state index contributed by atoms with van der Waals surface area (Å²) in [7, 11) is 0. The molecular weight excluding hydrogens is 336 g/mol. The van der Waals surface area contributed by atoms with Gasteiger partial charge in [0.05, 0.1) is 24.8 Å². The number of furan rings is 1. The first-order valence-corrected chi connectivity index (χ1v) is 8.64. The first-order valence-electron chi connectivity index (χ1n) is 8.64. The van der Waals surface area contributed by atoms with E-state index in [-0.39, 0.29) is 19.1 Å². The highest BCUT2D eigenvalue weighted by atomic mass is 16.7. The van der Waals surface area contributed by atoms with Crippen molar-refractivity contribution in [3.8, 4) is 0 Å². The Kier molecular flexibility index (Phi) is 4.48. The van der Waals surface area contributed by atoms with Gasteiger partial charge in [0.1, 0.15) is 18.4 Å². The third-order valence-corrected chi connectivity index (χ3v) is 4.79. The molecule has 0 saturated carbocycles. The van der Waals surface area contributed by atoms with Crippen molar-refractivity contribution in [2.45, 2.75) is 25.6 Å². The van der Waals surface area contributed by atoms with Crippen molar-refractivity contribution in [2.24, 2.45) is 5.92 Å². The van der Waals surface area contributed by atoms with E-state index in [2.05, 4.69) is 0 Å². The summed E-state index contributed by atoms with van der Waals surface area (Å²) in [6, 6.07) is 13.1. The van der Waals surface area contributed by atoms with E-state index < -0.39 is 24.2 Å². The number of carbonyl (C=O) groups is 2. The first kappa shape index (κ1) is 16.8. The summed E-state index contributed by atoms with van der Waals surface area (Å²) in [4.78, 5) is 32.1. The molecule has 2 amide bonds. The normalized spacial score (nSPS) is 26.3. The Hall–Kier alpha value is -2.64. The lowest BCUT2D eigenvalue weighted by Crippen LogP contribution is -2.41. The molecule has 2 aliphatic heterocycles. The van der Waals surface area contributed by atoms with Crippen LogP contribution in [0.4, 0.5) is 4.79 Å². The van der Waals surface area contributed by atoms with Gasteiger partial charge >= 0.3 is 6.09 Å². The van der Waals surface area contributed by atoms with Gasteiger partial charge in [0.15, 0.2) is 0 Å². The summed E-state index contributed by atoms with van der Waals surface area (Å²) in [5.74, 6) is -0.219. The Morgan fingerprint density at radius 2 is 2.00 bits per heavy atom. The van der Waals surface area contributed by atoms with Crippen LogP contribution >= 0.6 is 0 Å². The molecule has 2 fully saturated rings. The van der Waals surface area contributed by atoms with Crippen LogP contribution in [0, 0.1) is 5.92 Å². The topological polar surface area (TPSA) is 72.2 Å². The molecule has 2 aromatic rings. The highest BCUT2D eigenvalue weighted by Crippen LogP contribution is 2.41. The number of nitrogens with zero attached hydrogens (tertiary/aromatic N) is 2. The number of cyclic esters (lactones) is 1. The molecule has 7 nitrogen and oxygen atoms in total. The largest absolute Gasteiger partial charge is 0.468 e. The van der Waals surface area contributed by atoms with Crippen molar-refractivity contribution in [2.75, 3.05) is 13.2 Å². The van der Waals surface area contributed by atoms with E-state index in [4.69, 9.17) is 14.0 Å². The summed E-state index contributed by atoms with van der Waals surface area (Å²) in [6.07, 6.45) is 0.585. The number of carbonyl (C=O) groups excluding carboxylic acids is 2. The van der Waals surface area contributed by atoms with Gasteiger partial charge < -0.3 is 9.15 Å². The van der Waals surface area contributed by atoms with Crippen molar-refractivity contribution in [3.63, 3.8) is 0 Å². The second-order valence-electron chi connectivity index (χ2n) is 6.46. The minimum Gasteiger partial charge on any atom is -0.468 e. The highest BCUT2D eigenvalue weighted by Gasteiger charge is 2.50. The zero-order valence-corrected chi connectivity index (χ0v) is 14.4. The van der Waals surface area contributed by atoms with E-state index in [0.29, 0.717) is 12.3 Å². The van der Waals surface area contributed by atoms with Gasteiger partial charge in [-0.3, -0.25) is 9.63 Å². The van der Waals surface area contributed by atoms with E-state index >= 15 is 0 Å². The molecule has 4 rings (SSSR count). The summed E-state index contributed by atoms with van der Waals surface area (Å²) in [5.41, 5.74) is 1.06. The van der Waals surface area contributed by atoms with Gasteiger partial charge in [-0.15, -0.1) is 0 Å². The molecule has 136 valence electrons. The Morgan fingerprint density at radius 1 is 1.19 bits per heavy atom. The average Bonchev–Trinajstić information content (AvgIpc) is 3.35. The number of benzene rings is 1. The quantitative estimate of drug-likeness (QED) is 0.839. The molecule has 1 aromatic carbocycles. The number of hydrogen-bond donors (Lipinski definition) is 0. The number of imide groups is 1. The zero-order chi connectivity index (χ0) is 18.1. The van der Waals surface area contributed by atoms with E-state index in [1.165, 1.54) is 0 Å². The van der Waals surface area contributed by atoms with Crippen LogP contribution in [-0.2, 0) is 20.9 Å². The maximum Gasteiger partial charge on any atom is 0.416 e. The van der Waals surface area contributed by atoms with Crippen LogP contribution in [0.1, 0.15) is 24.3 Å². The van der Waals surface area contributed by atoms with E-state index in [9.17, 15) is 9.59 Å². The summed E-state index contributed by atoms with van der Waals surface area (Å²) < 4.78 is 10.5. The van der Waals surface area contributed by atoms with Crippen molar-refractivity contribution < 1.29 is 23.6 Å². The molecule has 0 N–H and O–H groups in total. The summed E-state index contributed by atoms with van der Waals surface area (Å²) in [5, 5.41) is 1.77. The number of hydroxylamine groups is 2. The fourth-order valence-electron chi connectivity index (χ4n) is 3.57. The third-order valence-electron chi connectivity index (χ3n) is 4.79. The predicted molar refractivity (Wildman–Crippen MR) is 90.5 cm³/mol. The Morgan fingerprint density at radius 3 is 2.65 bits per heavy atom. The molecule has 0 spiro atoms. The van der Waals surface area contributed by atoms with Crippen LogP contribution in [-0.4, -0.2) is 41.2 Å². The summed E-state index contributed by atoms with van der Waals surface area (Å²) in [6.45, 7) is 2.84. The number of rotatable bonds is 4. The van der Waals surface area contributed by atoms with Gasteiger partial charge in [-0.25, -0.2) is 9.69 Å². The van der Waals surface area contributed by atoms with Crippen LogP contribution in [0.2, 0.25) is 0 Å². The Balaban J connectivity index is 1.64. The maximum atomic E-state index is 13.0. The molecule has 0 unspecified atom stereocenters. The Bertz CT molecular complexity index is 776. The first-order chi connectivity index (χ1) is 12.6. The molecule has 0 aliphatic carbocycles. The van der Waals surface area contributed by atoms with Gasteiger partial charge in [0, 0.05) is 6.54 Å². The highest BCUT2D eigenvalue weighted by molar-refractivity contribution is 5.95. The monoisotopic (exact) mass is 356 g/mol. The molecule has 7 heteroatoms. The number of hydrogen-bond acceptors (Lipinski definition) is 6. The van der Waals surface area contributed by atoms with Gasteiger partial charge in [0.25, 0.3) is 0 Å². The fraction of sp³-hybridized carbons (Fsp3) is 0.368. The second kappa shape index (κ2) is 6.93. The van der Waals surface area contributed by atoms with Crippen LogP contribution < -0.4 is 0 Å². The molecular formula is C19H20N2O5. The molecule has 2 aliphatic rings. The molecule has 3 heterocycles. The van der Waals surface area contributed by atoms with Gasteiger partial charge in [0.2, 0.25) is 5.91 Å². The van der Waals surface area contributed by atoms with Gasteiger partial charge in [-0.1, -0.05) is 30.3 Å².